The van der Waals surface area contributed by atoms with Crippen LogP contribution < -0.4 is 0 Å². The number of nitrogens with zero attached hydrogens (tertiary/aromatic N) is 1. The predicted octanol–water partition coefficient (Wildman–Crippen LogP) is 6.60. The van der Waals surface area contributed by atoms with E-state index >= 15 is 0 Å². The molecule has 28 heavy (non-hydrogen) atoms. The van der Waals surface area contributed by atoms with E-state index in [2.05, 4.69) is 80.2 Å². The first-order valence-corrected chi connectivity index (χ1v) is 9.91. The van der Waals surface area contributed by atoms with Crippen LogP contribution in [0, 0.1) is 5.92 Å². The maximum atomic E-state index is 6.18. The van der Waals surface area contributed by atoms with Crippen LogP contribution in [0.15, 0.2) is 94.9 Å². The summed E-state index contributed by atoms with van der Waals surface area (Å²) in [4.78, 5) is 2.26. The molecule has 0 saturated heterocycles. The molecule has 3 aromatic rings. The lowest BCUT2D eigenvalue weighted by molar-refractivity contribution is 0.339. The van der Waals surface area contributed by atoms with E-state index in [-0.39, 0.29) is 6.04 Å². The molecule has 4 rings (SSSR count). The average molecular weight is 370 g/mol. The standard InChI is InChI=1S/C26H27NO/c1-19(20-14-15-20)24(26(27(2)3)22-12-8-5-9-13-22)18-23-16-17-25(28-23)21-10-6-4-7-11-21/h4-13,16-18,20,26H,1,14-15H2,2-3H3/b24-18-. The van der Waals surface area contributed by atoms with Gasteiger partial charge in [0.05, 0.1) is 6.04 Å². The Bertz CT molecular complexity index is 962. The molecule has 1 saturated carbocycles. The van der Waals surface area contributed by atoms with Crippen molar-refractivity contribution in [2.24, 2.45) is 5.92 Å². The molecule has 1 unspecified atom stereocenters. The summed E-state index contributed by atoms with van der Waals surface area (Å²) in [5.74, 6) is 2.36. The lowest BCUT2D eigenvalue weighted by atomic mass is 9.89. The molecular weight excluding hydrogens is 342 g/mol. The number of rotatable bonds is 7. The van der Waals surface area contributed by atoms with Crippen molar-refractivity contribution in [3.8, 4) is 11.3 Å². The Kier molecular flexibility index (Phi) is 5.31. The Morgan fingerprint density at radius 2 is 1.61 bits per heavy atom. The topological polar surface area (TPSA) is 16.4 Å². The van der Waals surface area contributed by atoms with Gasteiger partial charge in [-0.2, -0.15) is 0 Å². The molecule has 2 aromatic carbocycles. The Morgan fingerprint density at radius 3 is 2.21 bits per heavy atom. The van der Waals surface area contributed by atoms with Crippen molar-refractivity contribution in [1.82, 2.24) is 4.90 Å². The molecule has 0 amide bonds. The fraction of sp³-hybridized carbons (Fsp3) is 0.231. The molecule has 1 aliphatic rings. The fourth-order valence-corrected chi connectivity index (χ4v) is 3.75. The molecule has 1 aliphatic carbocycles. The number of hydrogen-bond acceptors (Lipinski definition) is 2. The minimum atomic E-state index is 0.152. The summed E-state index contributed by atoms with van der Waals surface area (Å²) in [7, 11) is 4.26. The second-order valence-electron chi connectivity index (χ2n) is 7.74. The van der Waals surface area contributed by atoms with Gasteiger partial charge in [-0.3, -0.25) is 4.90 Å². The van der Waals surface area contributed by atoms with Gasteiger partial charge in [0, 0.05) is 5.56 Å². The molecule has 1 fully saturated rings. The molecule has 0 bridgehead atoms. The van der Waals surface area contributed by atoms with E-state index in [0.29, 0.717) is 5.92 Å². The number of likely N-dealkylation sites (N-methyl/N-ethyl adjacent to an activating group) is 1. The van der Waals surface area contributed by atoms with Crippen LogP contribution in [-0.4, -0.2) is 19.0 Å². The maximum absolute atomic E-state index is 6.18. The minimum Gasteiger partial charge on any atom is -0.457 e. The summed E-state index contributed by atoms with van der Waals surface area (Å²) in [6.07, 6.45) is 4.65. The van der Waals surface area contributed by atoms with Crippen LogP contribution in [0.2, 0.25) is 0 Å². The van der Waals surface area contributed by atoms with Gasteiger partial charge in [0.25, 0.3) is 0 Å². The van der Waals surface area contributed by atoms with Crippen LogP contribution >= 0.6 is 0 Å². The van der Waals surface area contributed by atoms with E-state index in [1.165, 1.54) is 29.6 Å². The quantitative estimate of drug-likeness (QED) is 0.436. The lowest BCUT2D eigenvalue weighted by Crippen LogP contribution is -2.23. The van der Waals surface area contributed by atoms with Crippen molar-refractivity contribution in [2.45, 2.75) is 18.9 Å². The zero-order valence-corrected chi connectivity index (χ0v) is 16.6. The Labute approximate surface area is 167 Å². The molecule has 2 nitrogen and oxygen atoms in total. The van der Waals surface area contributed by atoms with Crippen LogP contribution in [0.25, 0.3) is 17.4 Å². The van der Waals surface area contributed by atoms with Gasteiger partial charge in [-0.1, -0.05) is 67.2 Å². The first-order chi connectivity index (χ1) is 13.6. The molecule has 1 atom stereocenters. The maximum Gasteiger partial charge on any atom is 0.134 e. The molecule has 0 radical (unpaired) electrons. The Balaban J connectivity index is 1.74. The predicted molar refractivity (Wildman–Crippen MR) is 117 cm³/mol. The van der Waals surface area contributed by atoms with Crippen LogP contribution in [0.5, 0.6) is 0 Å². The van der Waals surface area contributed by atoms with Gasteiger partial charge in [0.1, 0.15) is 11.5 Å². The summed E-state index contributed by atoms with van der Waals surface area (Å²) in [6.45, 7) is 4.47. The molecular formula is C26H27NO. The highest BCUT2D eigenvalue weighted by Gasteiger charge is 2.31. The second-order valence-corrected chi connectivity index (χ2v) is 7.74. The molecule has 0 spiro atoms. The van der Waals surface area contributed by atoms with Crippen molar-refractivity contribution >= 4 is 6.08 Å². The highest BCUT2D eigenvalue weighted by Crippen LogP contribution is 2.44. The number of hydrogen-bond donors (Lipinski definition) is 0. The van der Waals surface area contributed by atoms with Gasteiger partial charge in [-0.05, 0) is 67.8 Å². The first-order valence-electron chi connectivity index (χ1n) is 9.91. The van der Waals surface area contributed by atoms with Gasteiger partial charge in [-0.15, -0.1) is 0 Å². The van der Waals surface area contributed by atoms with Gasteiger partial charge in [0.15, 0.2) is 0 Å². The molecule has 0 aliphatic heterocycles. The summed E-state index contributed by atoms with van der Waals surface area (Å²) in [6, 6.07) is 25.1. The van der Waals surface area contributed by atoms with E-state index in [1.54, 1.807) is 0 Å². The summed E-state index contributed by atoms with van der Waals surface area (Å²) < 4.78 is 6.18. The summed E-state index contributed by atoms with van der Waals surface area (Å²) in [5, 5.41) is 0. The van der Waals surface area contributed by atoms with Gasteiger partial charge in [-0.25, -0.2) is 0 Å². The molecule has 0 N–H and O–H groups in total. The normalized spacial score (nSPS) is 15.6. The van der Waals surface area contributed by atoms with Crippen molar-refractivity contribution in [3.05, 3.63) is 102 Å². The Morgan fingerprint density at radius 1 is 0.964 bits per heavy atom. The van der Waals surface area contributed by atoms with Crippen LogP contribution in [0.4, 0.5) is 0 Å². The van der Waals surface area contributed by atoms with Gasteiger partial charge >= 0.3 is 0 Å². The summed E-state index contributed by atoms with van der Waals surface area (Å²) in [5.41, 5.74) is 4.85. The number of furan rings is 1. The minimum absolute atomic E-state index is 0.152. The van der Waals surface area contributed by atoms with Gasteiger partial charge < -0.3 is 4.42 Å². The SMILES string of the molecule is C=C(/C(=C/c1ccc(-c2ccccc2)o1)C(c1ccccc1)N(C)C)C1CC1. The van der Waals surface area contributed by atoms with E-state index in [9.17, 15) is 0 Å². The van der Waals surface area contributed by atoms with Gasteiger partial charge in [0.2, 0.25) is 0 Å². The van der Waals surface area contributed by atoms with Crippen molar-refractivity contribution < 1.29 is 4.42 Å². The zero-order valence-electron chi connectivity index (χ0n) is 16.6. The van der Waals surface area contributed by atoms with Crippen molar-refractivity contribution in [1.29, 1.82) is 0 Å². The summed E-state index contributed by atoms with van der Waals surface area (Å²) >= 11 is 0. The van der Waals surface area contributed by atoms with E-state index < -0.39 is 0 Å². The molecule has 142 valence electrons. The second kappa shape index (κ2) is 8.04. The third-order valence-electron chi connectivity index (χ3n) is 5.35. The fourth-order valence-electron chi connectivity index (χ4n) is 3.75. The van der Waals surface area contributed by atoms with Crippen LogP contribution in [0.3, 0.4) is 0 Å². The van der Waals surface area contributed by atoms with E-state index in [0.717, 1.165) is 17.1 Å². The third kappa shape index (κ3) is 4.02. The zero-order chi connectivity index (χ0) is 19.5. The monoisotopic (exact) mass is 369 g/mol. The molecule has 2 heteroatoms. The van der Waals surface area contributed by atoms with Crippen LogP contribution in [-0.2, 0) is 0 Å². The van der Waals surface area contributed by atoms with E-state index in [4.69, 9.17) is 4.42 Å². The number of benzene rings is 2. The van der Waals surface area contributed by atoms with Crippen molar-refractivity contribution in [2.75, 3.05) is 14.1 Å². The Hall–Kier alpha value is -2.84. The smallest absolute Gasteiger partial charge is 0.134 e. The highest BCUT2D eigenvalue weighted by atomic mass is 16.3. The average Bonchev–Trinajstić information content (AvgIpc) is 3.47. The lowest BCUT2D eigenvalue weighted by Gasteiger charge is -2.29. The van der Waals surface area contributed by atoms with Crippen molar-refractivity contribution in [3.63, 3.8) is 0 Å². The first kappa shape index (κ1) is 18.5. The van der Waals surface area contributed by atoms with E-state index in [1.807, 2.05) is 24.3 Å². The van der Waals surface area contributed by atoms with Crippen LogP contribution in [0.1, 0.15) is 30.2 Å². The third-order valence-corrected chi connectivity index (χ3v) is 5.35. The highest BCUT2D eigenvalue weighted by molar-refractivity contribution is 5.63. The largest absolute Gasteiger partial charge is 0.457 e. The molecule has 1 heterocycles. The molecule has 1 aromatic heterocycles.